The van der Waals surface area contributed by atoms with Gasteiger partial charge in [-0.2, -0.15) is 0 Å². The molecule has 0 aliphatic carbocycles. The minimum atomic E-state index is 0.436. The van der Waals surface area contributed by atoms with Crippen molar-refractivity contribution < 1.29 is 0 Å². The molecule has 0 amide bonds. The van der Waals surface area contributed by atoms with Crippen LogP contribution in [0.25, 0.3) is 11.2 Å². The molecule has 0 unspecified atom stereocenters. The van der Waals surface area contributed by atoms with Crippen LogP contribution in [0.4, 0.5) is 5.82 Å². The second-order valence-corrected chi connectivity index (χ2v) is 3.01. The standard InChI is InChI=1S/C5H4IN5/c6-5-10-2-3(7)8-1-9-4(2)11-5/h1H,(H3,7,8,9,10,11)/i6-4. The molecule has 2 heterocycles. The normalized spacial score (nSPS) is 10.6. The van der Waals surface area contributed by atoms with Crippen LogP contribution < -0.4 is 5.73 Å². The van der Waals surface area contributed by atoms with Gasteiger partial charge in [0.15, 0.2) is 15.3 Å². The van der Waals surface area contributed by atoms with Crippen LogP contribution in [-0.2, 0) is 0 Å². The average Bonchev–Trinajstić information content (AvgIpc) is 2.31. The molecule has 0 spiro atoms. The molecule has 0 saturated heterocycles. The molecule has 0 bridgehead atoms. The molecule has 0 radical (unpaired) electrons. The van der Waals surface area contributed by atoms with Gasteiger partial charge in [0.1, 0.15) is 11.8 Å². The van der Waals surface area contributed by atoms with Crippen LogP contribution in [0.2, 0.25) is 0 Å². The number of nitrogens with one attached hydrogen (secondary N) is 1. The summed E-state index contributed by atoms with van der Waals surface area (Å²) in [4.78, 5) is 14.8. The third-order valence-electron chi connectivity index (χ3n) is 1.29. The molecule has 56 valence electrons. The van der Waals surface area contributed by atoms with E-state index in [1.807, 2.05) is 0 Å². The number of hydrogen-bond donors (Lipinski definition) is 2. The molecule has 2 aromatic rings. The topological polar surface area (TPSA) is 80.5 Å². The maximum atomic E-state index is 5.54. The number of imidazole rings is 1. The van der Waals surface area contributed by atoms with Crippen molar-refractivity contribution in [2.24, 2.45) is 0 Å². The Balaban J connectivity index is 2.90. The van der Waals surface area contributed by atoms with E-state index in [9.17, 15) is 0 Å². The van der Waals surface area contributed by atoms with Gasteiger partial charge < -0.3 is 10.7 Å². The van der Waals surface area contributed by atoms with Crippen molar-refractivity contribution in [3.05, 3.63) is 10.2 Å². The van der Waals surface area contributed by atoms with Gasteiger partial charge in [-0.1, -0.05) is 0 Å². The number of hydrogen-bond acceptors (Lipinski definition) is 4. The molecule has 5 nitrogen and oxygen atoms in total. The fraction of sp³-hybridized carbons (Fsp3) is 0. The van der Waals surface area contributed by atoms with Crippen LogP contribution in [0.3, 0.4) is 0 Å². The summed E-state index contributed by atoms with van der Waals surface area (Å²) in [5.41, 5.74) is 6.86. The van der Waals surface area contributed by atoms with Crippen molar-refractivity contribution in [2.75, 3.05) is 5.73 Å². The summed E-state index contributed by atoms with van der Waals surface area (Å²) in [6.07, 6.45) is 1.40. The molecular weight excluding hydrogens is 253 g/mol. The van der Waals surface area contributed by atoms with E-state index in [0.717, 1.165) is 3.83 Å². The Morgan fingerprint density at radius 2 is 2.27 bits per heavy atom. The summed E-state index contributed by atoms with van der Waals surface area (Å²) in [5, 5.41) is 0. The second-order valence-electron chi connectivity index (χ2n) is 1.99. The molecular formula is C5H4IN5. The molecule has 2 rings (SSSR count). The lowest BCUT2D eigenvalue weighted by Gasteiger charge is -1.89. The molecule has 0 fully saturated rings. The lowest BCUT2D eigenvalue weighted by Crippen LogP contribution is -1.91. The van der Waals surface area contributed by atoms with E-state index in [1.165, 1.54) is 6.33 Å². The predicted octanol–water partition coefficient (Wildman–Crippen LogP) is 0.540. The third-order valence-corrected chi connectivity index (χ3v) is 1.80. The number of aromatic amines is 1. The van der Waals surface area contributed by atoms with Gasteiger partial charge in [-0.25, -0.2) is 15.0 Å². The lowest BCUT2D eigenvalue weighted by atomic mass is 10.5. The lowest BCUT2D eigenvalue weighted by molar-refractivity contribution is 1.20. The molecule has 11 heavy (non-hydrogen) atoms. The van der Waals surface area contributed by atoms with Crippen molar-refractivity contribution in [3.8, 4) is 0 Å². The van der Waals surface area contributed by atoms with Crippen molar-refractivity contribution in [3.63, 3.8) is 0 Å². The van der Waals surface area contributed by atoms with Gasteiger partial charge in [0, 0.05) is 0 Å². The molecule has 0 atom stereocenters. The largest absolute Gasteiger partial charge is 0.382 e. The number of anilines is 1. The van der Waals surface area contributed by atoms with Crippen molar-refractivity contribution in [2.45, 2.75) is 0 Å². The first-order valence-electron chi connectivity index (χ1n) is 2.89. The van der Waals surface area contributed by atoms with Gasteiger partial charge in [0.2, 0.25) is 0 Å². The molecule has 6 heteroatoms. The summed E-state index contributed by atoms with van der Waals surface area (Å²) >= 11 is 2.06. The van der Waals surface area contributed by atoms with E-state index in [4.69, 9.17) is 5.73 Å². The minimum Gasteiger partial charge on any atom is -0.382 e. The fourth-order valence-electron chi connectivity index (χ4n) is 0.818. The highest BCUT2D eigenvalue weighted by Gasteiger charge is 2.03. The smallest absolute Gasteiger partial charge is 0.183 e. The summed E-state index contributed by atoms with van der Waals surface area (Å²) in [5.74, 6) is 0.436. The van der Waals surface area contributed by atoms with E-state index in [0.29, 0.717) is 17.0 Å². The van der Waals surface area contributed by atoms with E-state index in [1.54, 1.807) is 0 Å². The number of H-pyrrole nitrogens is 1. The zero-order valence-electron chi connectivity index (χ0n) is 5.37. The second kappa shape index (κ2) is 2.29. The quantitative estimate of drug-likeness (QED) is 0.533. The number of nitrogens with zero attached hydrogens (tertiary/aromatic N) is 3. The third kappa shape index (κ3) is 1.02. The molecule has 0 saturated carbocycles. The van der Waals surface area contributed by atoms with E-state index < -0.39 is 0 Å². The monoisotopic (exact) mass is 257 g/mol. The van der Waals surface area contributed by atoms with Crippen LogP contribution >= 0.6 is 22.6 Å². The van der Waals surface area contributed by atoms with Gasteiger partial charge in [0.25, 0.3) is 0 Å². The first-order valence-corrected chi connectivity index (χ1v) is 3.97. The summed E-state index contributed by atoms with van der Waals surface area (Å²) in [7, 11) is 0. The molecule has 0 aliphatic heterocycles. The van der Waals surface area contributed by atoms with Crippen LogP contribution in [0.1, 0.15) is 0 Å². The van der Waals surface area contributed by atoms with Crippen molar-refractivity contribution >= 4 is 39.6 Å². The SMILES string of the molecule is Nc1ncnc2nc([123I])[nH]c12. The highest BCUT2D eigenvalue weighted by Crippen LogP contribution is 2.13. The van der Waals surface area contributed by atoms with Crippen molar-refractivity contribution in [1.29, 1.82) is 0 Å². The average molecular weight is 257 g/mol. The summed E-state index contributed by atoms with van der Waals surface area (Å²) in [6.45, 7) is 0. The Morgan fingerprint density at radius 3 is 3.00 bits per heavy atom. The number of aromatic nitrogens is 4. The molecule has 0 aliphatic rings. The molecule has 0 aromatic carbocycles. The van der Waals surface area contributed by atoms with Crippen LogP contribution in [0.15, 0.2) is 6.33 Å². The van der Waals surface area contributed by atoms with E-state index in [-0.39, 0.29) is 0 Å². The summed E-state index contributed by atoms with van der Waals surface area (Å²) in [6, 6.07) is 0. The zero-order valence-corrected chi connectivity index (χ0v) is 7.53. The summed E-state index contributed by atoms with van der Waals surface area (Å²) < 4.78 is 0.768. The number of halogens is 1. The van der Waals surface area contributed by atoms with E-state index >= 15 is 0 Å². The van der Waals surface area contributed by atoms with Gasteiger partial charge in [-0.3, -0.25) is 0 Å². The molecule has 3 N–H and O–H groups in total. The maximum absolute atomic E-state index is 5.54. The van der Waals surface area contributed by atoms with Crippen molar-refractivity contribution in [1.82, 2.24) is 19.9 Å². The number of rotatable bonds is 0. The maximum Gasteiger partial charge on any atom is 0.183 e. The fourth-order valence-corrected chi connectivity index (χ4v) is 1.32. The highest BCUT2D eigenvalue weighted by atomic mass is 123. The van der Waals surface area contributed by atoms with E-state index in [2.05, 4.69) is 42.5 Å². The number of nitrogen functional groups attached to an aromatic ring is 1. The van der Waals surface area contributed by atoms with Crippen LogP contribution in [0, 0.1) is 3.83 Å². The molecule has 2 aromatic heterocycles. The minimum absolute atomic E-state index is 0.436. The Labute approximate surface area is 75.6 Å². The Bertz CT molecular complexity index is 395. The first-order chi connectivity index (χ1) is 5.27. The number of nitrogens with two attached hydrogens (primary N) is 1. The van der Waals surface area contributed by atoms with Gasteiger partial charge >= 0.3 is 0 Å². The first kappa shape index (κ1) is 6.77. The van der Waals surface area contributed by atoms with Gasteiger partial charge in [-0.15, -0.1) is 0 Å². The zero-order chi connectivity index (χ0) is 7.84. The highest BCUT2D eigenvalue weighted by molar-refractivity contribution is 14.1. The predicted molar refractivity (Wildman–Crippen MR) is 48.8 cm³/mol. The van der Waals surface area contributed by atoms with Gasteiger partial charge in [-0.05, 0) is 22.6 Å². The Hall–Kier alpha value is -0.920. The van der Waals surface area contributed by atoms with Crippen LogP contribution in [-0.4, -0.2) is 19.9 Å². The van der Waals surface area contributed by atoms with Crippen LogP contribution in [0.5, 0.6) is 0 Å². The Morgan fingerprint density at radius 1 is 1.45 bits per heavy atom. The van der Waals surface area contributed by atoms with Gasteiger partial charge in [0.05, 0.1) is 0 Å². The number of fused-ring (bicyclic) bond motifs is 1. The Kier molecular flexibility index (Phi) is 1.41.